The monoisotopic (exact) mass is 338 g/mol. The Morgan fingerprint density at radius 3 is 2.19 bits per heavy atom. The van der Waals surface area contributed by atoms with Gasteiger partial charge in [-0.2, -0.15) is 0 Å². The minimum absolute atomic E-state index is 1.06. The molecule has 128 valence electrons. The van der Waals surface area contributed by atoms with E-state index in [0.29, 0.717) is 0 Å². The van der Waals surface area contributed by atoms with Gasteiger partial charge in [-0.1, -0.05) is 54.1 Å². The first-order chi connectivity index (χ1) is 12.6. The van der Waals surface area contributed by atoms with Crippen molar-refractivity contribution in [3.63, 3.8) is 0 Å². The zero-order valence-electron chi connectivity index (χ0n) is 15.4. The lowest BCUT2D eigenvalue weighted by Gasteiger charge is -2.05. The van der Waals surface area contributed by atoms with Crippen molar-refractivity contribution in [2.24, 2.45) is 4.99 Å². The van der Waals surface area contributed by atoms with Gasteiger partial charge in [0, 0.05) is 29.0 Å². The highest BCUT2D eigenvalue weighted by Crippen LogP contribution is 2.26. The van der Waals surface area contributed by atoms with Gasteiger partial charge in [0.05, 0.1) is 11.2 Å². The second-order valence-corrected chi connectivity index (χ2v) is 6.81. The largest absolute Gasteiger partial charge is 0.316 e. The third-order valence-electron chi connectivity index (χ3n) is 4.83. The van der Waals surface area contributed by atoms with Crippen molar-refractivity contribution in [1.29, 1.82) is 0 Å². The van der Waals surface area contributed by atoms with Crippen LogP contribution in [0, 0.1) is 20.8 Å². The summed E-state index contributed by atoms with van der Waals surface area (Å²) >= 11 is 0. The van der Waals surface area contributed by atoms with Crippen LogP contribution in [0.3, 0.4) is 0 Å². The lowest BCUT2D eigenvalue weighted by Crippen LogP contribution is -1.91. The fraction of sp³-hybridized carbons (Fsp3) is 0.125. The fourth-order valence-corrected chi connectivity index (χ4v) is 3.37. The number of hydrogen-bond donors (Lipinski definition) is 0. The Balaban J connectivity index is 1.84. The SMILES string of the molecule is Cc1ccc(-n2cc(C=Nc3c(C)cccc3C)c3ccccc32)cc1. The Morgan fingerprint density at radius 2 is 1.46 bits per heavy atom. The summed E-state index contributed by atoms with van der Waals surface area (Å²) in [6.07, 6.45) is 4.16. The molecule has 0 aliphatic heterocycles. The number of aryl methyl sites for hydroxylation is 3. The van der Waals surface area contributed by atoms with Crippen molar-refractivity contribution in [1.82, 2.24) is 4.57 Å². The number of nitrogens with zero attached hydrogens (tertiary/aromatic N) is 2. The lowest BCUT2D eigenvalue weighted by atomic mass is 10.1. The average Bonchev–Trinajstić information content (AvgIpc) is 3.01. The van der Waals surface area contributed by atoms with E-state index in [9.17, 15) is 0 Å². The number of fused-ring (bicyclic) bond motifs is 1. The van der Waals surface area contributed by atoms with Crippen LogP contribution in [0.5, 0.6) is 0 Å². The Labute approximate surface area is 154 Å². The molecule has 0 saturated heterocycles. The first kappa shape index (κ1) is 16.3. The molecule has 0 amide bonds. The zero-order chi connectivity index (χ0) is 18.1. The van der Waals surface area contributed by atoms with Crippen molar-refractivity contribution in [3.8, 4) is 5.69 Å². The minimum atomic E-state index is 1.06. The fourth-order valence-electron chi connectivity index (χ4n) is 3.37. The molecule has 0 radical (unpaired) electrons. The molecule has 0 fully saturated rings. The molecule has 1 aromatic heterocycles. The summed E-state index contributed by atoms with van der Waals surface area (Å²) in [7, 11) is 0. The Bertz CT molecular complexity index is 1080. The third kappa shape index (κ3) is 2.95. The Kier molecular flexibility index (Phi) is 4.18. The number of aliphatic imine (C=N–C) groups is 1. The van der Waals surface area contributed by atoms with Gasteiger partial charge in [0.2, 0.25) is 0 Å². The molecule has 2 nitrogen and oxygen atoms in total. The first-order valence-corrected chi connectivity index (χ1v) is 8.91. The number of hydrogen-bond acceptors (Lipinski definition) is 1. The van der Waals surface area contributed by atoms with Gasteiger partial charge in [0.25, 0.3) is 0 Å². The number of rotatable bonds is 3. The third-order valence-corrected chi connectivity index (χ3v) is 4.83. The molecular formula is C24H22N2. The predicted octanol–water partition coefficient (Wildman–Crippen LogP) is 6.31. The van der Waals surface area contributed by atoms with E-state index in [2.05, 4.69) is 98.3 Å². The first-order valence-electron chi connectivity index (χ1n) is 8.91. The molecule has 3 aromatic carbocycles. The van der Waals surface area contributed by atoms with Gasteiger partial charge < -0.3 is 4.57 Å². The van der Waals surface area contributed by atoms with Crippen molar-refractivity contribution >= 4 is 22.8 Å². The van der Waals surface area contributed by atoms with Crippen LogP contribution in [0.15, 0.2) is 77.9 Å². The van der Waals surface area contributed by atoms with E-state index in [1.165, 1.54) is 33.3 Å². The summed E-state index contributed by atoms with van der Waals surface area (Å²) in [6.45, 7) is 6.32. The van der Waals surface area contributed by atoms with Crippen LogP contribution in [0.4, 0.5) is 5.69 Å². The minimum Gasteiger partial charge on any atom is -0.316 e. The van der Waals surface area contributed by atoms with E-state index >= 15 is 0 Å². The van der Waals surface area contributed by atoms with Crippen LogP contribution in [0.25, 0.3) is 16.6 Å². The number of para-hydroxylation sites is 2. The van der Waals surface area contributed by atoms with Crippen LogP contribution in [0.1, 0.15) is 22.3 Å². The highest BCUT2D eigenvalue weighted by molar-refractivity contribution is 6.01. The second kappa shape index (κ2) is 6.64. The predicted molar refractivity (Wildman–Crippen MR) is 111 cm³/mol. The molecule has 0 spiro atoms. The Morgan fingerprint density at radius 1 is 0.769 bits per heavy atom. The van der Waals surface area contributed by atoms with E-state index in [1.54, 1.807) is 0 Å². The molecule has 0 unspecified atom stereocenters. The lowest BCUT2D eigenvalue weighted by molar-refractivity contribution is 1.12. The van der Waals surface area contributed by atoms with Gasteiger partial charge in [-0.25, -0.2) is 0 Å². The van der Waals surface area contributed by atoms with Crippen LogP contribution in [0.2, 0.25) is 0 Å². The Hall–Kier alpha value is -3.13. The summed E-state index contributed by atoms with van der Waals surface area (Å²) in [6, 6.07) is 23.4. The quantitative estimate of drug-likeness (QED) is 0.390. The second-order valence-electron chi connectivity index (χ2n) is 6.81. The highest BCUT2D eigenvalue weighted by Gasteiger charge is 2.08. The maximum Gasteiger partial charge on any atom is 0.0688 e. The van der Waals surface area contributed by atoms with Gasteiger partial charge in [0.15, 0.2) is 0 Å². The maximum absolute atomic E-state index is 4.81. The summed E-state index contributed by atoms with van der Waals surface area (Å²) in [5.74, 6) is 0. The van der Waals surface area contributed by atoms with E-state index in [0.717, 1.165) is 11.3 Å². The zero-order valence-corrected chi connectivity index (χ0v) is 15.4. The van der Waals surface area contributed by atoms with E-state index in [4.69, 9.17) is 4.99 Å². The highest BCUT2D eigenvalue weighted by atomic mass is 15.0. The van der Waals surface area contributed by atoms with Crippen LogP contribution in [-0.4, -0.2) is 10.8 Å². The van der Waals surface area contributed by atoms with Crippen LogP contribution >= 0.6 is 0 Å². The maximum atomic E-state index is 4.81. The molecule has 0 N–H and O–H groups in total. The van der Waals surface area contributed by atoms with Crippen LogP contribution in [-0.2, 0) is 0 Å². The van der Waals surface area contributed by atoms with Crippen molar-refractivity contribution < 1.29 is 0 Å². The molecule has 0 saturated carbocycles. The molecule has 0 bridgehead atoms. The van der Waals surface area contributed by atoms with E-state index in [-0.39, 0.29) is 0 Å². The molecule has 1 heterocycles. The molecule has 4 rings (SSSR count). The van der Waals surface area contributed by atoms with Crippen molar-refractivity contribution in [2.45, 2.75) is 20.8 Å². The van der Waals surface area contributed by atoms with Crippen molar-refractivity contribution in [3.05, 3.63) is 95.2 Å². The summed E-state index contributed by atoms with van der Waals surface area (Å²) in [4.78, 5) is 4.81. The van der Waals surface area contributed by atoms with Crippen molar-refractivity contribution in [2.75, 3.05) is 0 Å². The van der Waals surface area contributed by atoms with E-state index < -0.39 is 0 Å². The molecule has 26 heavy (non-hydrogen) atoms. The summed E-state index contributed by atoms with van der Waals surface area (Å²) in [5, 5.41) is 1.21. The summed E-state index contributed by atoms with van der Waals surface area (Å²) < 4.78 is 2.24. The van der Waals surface area contributed by atoms with Gasteiger partial charge in [-0.05, 0) is 50.1 Å². The van der Waals surface area contributed by atoms with Gasteiger partial charge in [-0.15, -0.1) is 0 Å². The molecule has 4 aromatic rings. The molecular weight excluding hydrogens is 316 g/mol. The van der Waals surface area contributed by atoms with Gasteiger partial charge >= 0.3 is 0 Å². The normalized spacial score (nSPS) is 11.5. The smallest absolute Gasteiger partial charge is 0.0688 e. The molecule has 2 heteroatoms. The topological polar surface area (TPSA) is 17.3 Å². The van der Waals surface area contributed by atoms with E-state index in [1.807, 2.05) is 6.21 Å². The number of benzene rings is 3. The summed E-state index contributed by atoms with van der Waals surface area (Å²) in [5.41, 5.74) is 8.20. The molecule has 0 atom stereocenters. The molecule has 0 aliphatic carbocycles. The molecule has 0 aliphatic rings. The number of aromatic nitrogens is 1. The van der Waals surface area contributed by atoms with Crippen LogP contribution < -0.4 is 0 Å². The van der Waals surface area contributed by atoms with Gasteiger partial charge in [-0.3, -0.25) is 4.99 Å². The van der Waals surface area contributed by atoms with Gasteiger partial charge in [0.1, 0.15) is 0 Å². The average molecular weight is 338 g/mol. The standard InChI is InChI=1S/C24H22N2/c1-17-11-13-21(14-12-17)26-16-20(22-9-4-5-10-23(22)26)15-25-24-18(2)7-6-8-19(24)3/h4-16H,1-3H3.